The Labute approximate surface area is 115 Å². The molecule has 0 aromatic carbocycles. The quantitative estimate of drug-likeness (QED) is 0.783. The lowest BCUT2D eigenvalue weighted by atomic mass is 9.81. The van der Waals surface area contributed by atoms with E-state index in [1.165, 1.54) is 12.8 Å². The highest BCUT2D eigenvalue weighted by Gasteiger charge is 2.40. The maximum absolute atomic E-state index is 12.5. The summed E-state index contributed by atoms with van der Waals surface area (Å²) in [5, 5.41) is 9.31. The van der Waals surface area contributed by atoms with Crippen molar-refractivity contribution in [2.45, 2.75) is 58.3 Å². The number of hydrogen-bond acceptors (Lipinski definition) is 2. The molecule has 0 bridgehead atoms. The van der Waals surface area contributed by atoms with Gasteiger partial charge in [-0.25, -0.2) is 0 Å². The van der Waals surface area contributed by atoms with Crippen molar-refractivity contribution in [3.63, 3.8) is 0 Å². The first-order chi connectivity index (χ1) is 9.03. The zero-order valence-electron chi connectivity index (χ0n) is 11.9. The van der Waals surface area contributed by atoms with Crippen molar-refractivity contribution in [2.75, 3.05) is 13.1 Å². The molecule has 1 atom stereocenters. The largest absolute Gasteiger partial charge is 0.481 e. The van der Waals surface area contributed by atoms with Gasteiger partial charge in [0.1, 0.15) is 0 Å². The van der Waals surface area contributed by atoms with Crippen LogP contribution in [0.3, 0.4) is 0 Å². The van der Waals surface area contributed by atoms with E-state index in [4.69, 9.17) is 0 Å². The van der Waals surface area contributed by atoms with Gasteiger partial charge in [-0.15, -0.1) is 0 Å². The molecule has 2 aliphatic rings. The Hall–Kier alpha value is -1.06. The molecule has 1 amide bonds. The van der Waals surface area contributed by atoms with Gasteiger partial charge in [0.15, 0.2) is 0 Å². The lowest BCUT2D eigenvalue weighted by Gasteiger charge is -2.39. The Morgan fingerprint density at radius 1 is 1.11 bits per heavy atom. The third-order valence-corrected chi connectivity index (χ3v) is 4.73. The van der Waals surface area contributed by atoms with Crippen LogP contribution in [0.4, 0.5) is 0 Å². The SMILES string of the molecule is CC1(C(=O)O)CCCN(C(=O)C2CCCCCC2)C1. The molecule has 1 aliphatic carbocycles. The van der Waals surface area contributed by atoms with E-state index in [-0.39, 0.29) is 11.8 Å². The summed E-state index contributed by atoms with van der Waals surface area (Å²) in [7, 11) is 0. The van der Waals surface area contributed by atoms with E-state index in [0.29, 0.717) is 13.0 Å². The standard InChI is InChI=1S/C15H25NO3/c1-15(14(18)19)9-6-10-16(11-15)13(17)12-7-4-2-3-5-8-12/h12H,2-11H2,1H3,(H,18,19). The van der Waals surface area contributed by atoms with Crippen molar-refractivity contribution in [3.05, 3.63) is 0 Å². The molecule has 1 heterocycles. The van der Waals surface area contributed by atoms with E-state index in [1.54, 1.807) is 6.92 Å². The molecule has 1 saturated carbocycles. The zero-order chi connectivity index (χ0) is 13.9. The second kappa shape index (κ2) is 5.93. The fourth-order valence-electron chi connectivity index (χ4n) is 3.39. The molecule has 4 nitrogen and oxygen atoms in total. The summed E-state index contributed by atoms with van der Waals surface area (Å²) in [6.07, 6.45) is 8.20. The molecule has 2 rings (SSSR count). The van der Waals surface area contributed by atoms with Crippen LogP contribution < -0.4 is 0 Å². The molecule has 0 aromatic rings. The van der Waals surface area contributed by atoms with Crippen LogP contribution >= 0.6 is 0 Å². The minimum atomic E-state index is -0.772. The predicted octanol–water partition coefficient (Wildman–Crippen LogP) is 2.67. The predicted molar refractivity (Wildman–Crippen MR) is 72.7 cm³/mol. The fraction of sp³-hybridized carbons (Fsp3) is 0.867. The fourth-order valence-corrected chi connectivity index (χ4v) is 3.39. The lowest BCUT2D eigenvalue weighted by Crippen LogP contribution is -2.50. The second-order valence-corrected chi connectivity index (χ2v) is 6.42. The van der Waals surface area contributed by atoms with Gasteiger partial charge in [0.25, 0.3) is 0 Å². The van der Waals surface area contributed by atoms with E-state index in [1.807, 2.05) is 4.90 Å². The highest BCUT2D eigenvalue weighted by Crippen LogP contribution is 2.32. The monoisotopic (exact) mass is 267 g/mol. The van der Waals surface area contributed by atoms with Gasteiger partial charge < -0.3 is 10.0 Å². The Bertz CT molecular complexity index is 347. The van der Waals surface area contributed by atoms with Crippen molar-refractivity contribution >= 4 is 11.9 Å². The maximum Gasteiger partial charge on any atom is 0.311 e. The molecule has 1 unspecified atom stereocenters. The first kappa shape index (κ1) is 14.4. The van der Waals surface area contributed by atoms with E-state index >= 15 is 0 Å². The smallest absolute Gasteiger partial charge is 0.311 e. The number of likely N-dealkylation sites (tertiary alicyclic amines) is 1. The van der Waals surface area contributed by atoms with Gasteiger partial charge in [-0.1, -0.05) is 25.7 Å². The number of carbonyl (C=O) groups excluding carboxylic acids is 1. The van der Waals surface area contributed by atoms with Crippen LogP contribution in [-0.2, 0) is 9.59 Å². The Kier molecular flexibility index (Phi) is 4.48. The number of piperidine rings is 1. The van der Waals surface area contributed by atoms with Crippen molar-refractivity contribution in [1.82, 2.24) is 4.90 Å². The topological polar surface area (TPSA) is 57.6 Å². The third-order valence-electron chi connectivity index (χ3n) is 4.73. The number of amides is 1. The van der Waals surface area contributed by atoms with Crippen LogP contribution in [0.15, 0.2) is 0 Å². The number of hydrogen-bond donors (Lipinski definition) is 1. The number of carboxylic acids is 1. The highest BCUT2D eigenvalue weighted by atomic mass is 16.4. The number of carbonyl (C=O) groups is 2. The summed E-state index contributed by atoms with van der Waals surface area (Å²) in [6.45, 7) is 2.89. The molecule has 0 radical (unpaired) electrons. The second-order valence-electron chi connectivity index (χ2n) is 6.42. The van der Waals surface area contributed by atoms with Crippen LogP contribution in [-0.4, -0.2) is 35.0 Å². The number of aliphatic carboxylic acids is 1. The van der Waals surface area contributed by atoms with Gasteiger partial charge in [0, 0.05) is 19.0 Å². The summed E-state index contributed by atoms with van der Waals surface area (Å²) in [5.41, 5.74) is -0.751. The Morgan fingerprint density at radius 2 is 1.74 bits per heavy atom. The van der Waals surface area contributed by atoms with Crippen LogP contribution in [0.25, 0.3) is 0 Å². The number of nitrogens with zero attached hydrogens (tertiary/aromatic N) is 1. The van der Waals surface area contributed by atoms with Crippen molar-refractivity contribution < 1.29 is 14.7 Å². The van der Waals surface area contributed by atoms with E-state index in [9.17, 15) is 14.7 Å². The molecule has 1 saturated heterocycles. The van der Waals surface area contributed by atoms with Crippen molar-refractivity contribution in [2.24, 2.45) is 11.3 Å². The molecule has 108 valence electrons. The molecule has 0 aromatic heterocycles. The molecule has 0 spiro atoms. The first-order valence-corrected chi connectivity index (χ1v) is 7.55. The van der Waals surface area contributed by atoms with Crippen LogP contribution in [0.5, 0.6) is 0 Å². The van der Waals surface area contributed by atoms with Crippen LogP contribution in [0.1, 0.15) is 58.3 Å². The normalized spacial score (nSPS) is 29.8. The summed E-state index contributed by atoms with van der Waals surface area (Å²) < 4.78 is 0. The molecule has 2 fully saturated rings. The van der Waals surface area contributed by atoms with Crippen LogP contribution in [0, 0.1) is 11.3 Å². The van der Waals surface area contributed by atoms with Gasteiger partial charge in [0.05, 0.1) is 5.41 Å². The summed E-state index contributed by atoms with van der Waals surface area (Å²) in [5.74, 6) is -0.432. The van der Waals surface area contributed by atoms with Gasteiger partial charge in [-0.3, -0.25) is 9.59 Å². The van der Waals surface area contributed by atoms with Crippen molar-refractivity contribution in [1.29, 1.82) is 0 Å². The third kappa shape index (κ3) is 3.28. The van der Waals surface area contributed by atoms with E-state index < -0.39 is 11.4 Å². The summed E-state index contributed by atoms with van der Waals surface area (Å²) in [6, 6.07) is 0. The molecular formula is C15H25NO3. The van der Waals surface area contributed by atoms with Gasteiger partial charge in [0.2, 0.25) is 5.91 Å². The number of rotatable bonds is 2. The van der Waals surface area contributed by atoms with E-state index in [0.717, 1.165) is 38.6 Å². The molecular weight excluding hydrogens is 242 g/mol. The molecule has 1 N–H and O–H groups in total. The maximum atomic E-state index is 12.5. The first-order valence-electron chi connectivity index (χ1n) is 7.55. The lowest BCUT2D eigenvalue weighted by molar-refractivity contribution is -0.154. The average Bonchev–Trinajstić information content (AvgIpc) is 2.66. The highest BCUT2D eigenvalue weighted by molar-refractivity contribution is 5.81. The molecule has 19 heavy (non-hydrogen) atoms. The zero-order valence-corrected chi connectivity index (χ0v) is 11.9. The van der Waals surface area contributed by atoms with Gasteiger partial charge in [-0.2, -0.15) is 0 Å². The average molecular weight is 267 g/mol. The summed E-state index contributed by atoms with van der Waals surface area (Å²) in [4.78, 5) is 25.7. The van der Waals surface area contributed by atoms with Crippen LogP contribution in [0.2, 0.25) is 0 Å². The summed E-state index contributed by atoms with van der Waals surface area (Å²) >= 11 is 0. The molecule has 1 aliphatic heterocycles. The number of carboxylic acid groups (broad SMARTS) is 1. The van der Waals surface area contributed by atoms with Gasteiger partial charge >= 0.3 is 5.97 Å². The Balaban J connectivity index is 2.00. The minimum absolute atomic E-state index is 0.138. The Morgan fingerprint density at radius 3 is 2.32 bits per heavy atom. The van der Waals surface area contributed by atoms with Crippen molar-refractivity contribution in [3.8, 4) is 0 Å². The van der Waals surface area contributed by atoms with E-state index in [2.05, 4.69) is 0 Å². The minimum Gasteiger partial charge on any atom is -0.481 e. The molecule has 4 heteroatoms. The van der Waals surface area contributed by atoms with Gasteiger partial charge in [-0.05, 0) is 32.6 Å².